The number of benzene rings is 1. The second-order valence-corrected chi connectivity index (χ2v) is 6.26. The number of ether oxygens (including phenoxy) is 2. The monoisotopic (exact) mass is 445 g/mol. The molecular formula is C16H13ClINO4. The maximum atomic E-state index is 12.0. The van der Waals surface area contributed by atoms with Gasteiger partial charge in [-0.2, -0.15) is 0 Å². The predicted molar refractivity (Wildman–Crippen MR) is 96.1 cm³/mol. The van der Waals surface area contributed by atoms with Gasteiger partial charge in [-0.15, -0.1) is 0 Å². The molecule has 1 N–H and O–H groups in total. The molecule has 0 spiro atoms. The van der Waals surface area contributed by atoms with E-state index in [-0.39, 0.29) is 5.91 Å². The number of halogens is 2. The van der Waals surface area contributed by atoms with Gasteiger partial charge in [0.2, 0.25) is 5.91 Å². The number of hydrogen-bond acceptors (Lipinski definition) is 4. The lowest BCUT2D eigenvalue weighted by atomic mass is 10.2. The summed E-state index contributed by atoms with van der Waals surface area (Å²) in [5.41, 5.74) is 0.472. The van der Waals surface area contributed by atoms with E-state index in [4.69, 9.17) is 25.5 Å². The molecule has 7 heteroatoms. The standard InChI is InChI=1S/C16H13ClINO4/c17-11-8-13-14(22-7-1-6-21-13)9-12(11)19-16(20)5-3-10-2-4-15(18)23-10/h2-5,8-9H,1,6-7H2,(H,19,20)/b5-3+. The number of hydrogen-bond donors (Lipinski definition) is 1. The van der Waals surface area contributed by atoms with Gasteiger partial charge in [-0.05, 0) is 40.8 Å². The molecule has 0 unspecified atom stereocenters. The van der Waals surface area contributed by atoms with Crippen LogP contribution in [0.4, 0.5) is 5.69 Å². The molecule has 3 rings (SSSR count). The summed E-state index contributed by atoms with van der Waals surface area (Å²) < 4.78 is 17.2. The van der Waals surface area contributed by atoms with Crippen molar-refractivity contribution in [2.45, 2.75) is 6.42 Å². The Morgan fingerprint density at radius 1 is 1.22 bits per heavy atom. The Morgan fingerprint density at radius 2 is 1.96 bits per heavy atom. The first-order valence-electron chi connectivity index (χ1n) is 6.95. The van der Waals surface area contributed by atoms with E-state index < -0.39 is 0 Å². The van der Waals surface area contributed by atoms with Crippen LogP contribution in [0.1, 0.15) is 12.2 Å². The number of furan rings is 1. The highest BCUT2D eigenvalue weighted by Gasteiger charge is 2.15. The Bertz CT molecular complexity index is 757. The van der Waals surface area contributed by atoms with Crippen molar-refractivity contribution in [3.63, 3.8) is 0 Å². The molecule has 120 valence electrons. The molecule has 0 saturated heterocycles. The van der Waals surface area contributed by atoms with Gasteiger partial charge in [-0.3, -0.25) is 4.79 Å². The van der Waals surface area contributed by atoms with Crippen LogP contribution in [0, 0.1) is 3.77 Å². The number of amides is 1. The summed E-state index contributed by atoms with van der Waals surface area (Å²) in [6.45, 7) is 1.15. The SMILES string of the molecule is O=C(/C=C/c1ccc(I)o1)Nc1cc2c(cc1Cl)OCCCO2. The van der Waals surface area contributed by atoms with Gasteiger partial charge in [0.05, 0.1) is 23.9 Å². The second-order valence-electron chi connectivity index (χ2n) is 4.79. The lowest BCUT2D eigenvalue weighted by Gasteiger charge is -2.11. The van der Waals surface area contributed by atoms with Crippen LogP contribution in [0.15, 0.2) is 34.8 Å². The van der Waals surface area contributed by atoms with Crippen LogP contribution in [0.25, 0.3) is 6.08 Å². The first-order valence-corrected chi connectivity index (χ1v) is 8.41. The molecule has 0 radical (unpaired) electrons. The van der Waals surface area contributed by atoms with Crippen LogP contribution >= 0.6 is 34.2 Å². The zero-order valence-electron chi connectivity index (χ0n) is 12.0. The third-order valence-corrected chi connectivity index (χ3v) is 3.98. The van der Waals surface area contributed by atoms with E-state index in [1.165, 1.54) is 6.08 Å². The Balaban J connectivity index is 1.73. The number of anilines is 1. The minimum atomic E-state index is -0.312. The van der Waals surface area contributed by atoms with Crippen LogP contribution in [-0.2, 0) is 4.79 Å². The molecule has 1 aliphatic heterocycles. The summed E-state index contributed by atoms with van der Waals surface area (Å²) in [5, 5.41) is 3.11. The molecule has 0 atom stereocenters. The first-order chi connectivity index (χ1) is 11.1. The summed E-state index contributed by atoms with van der Waals surface area (Å²) in [7, 11) is 0. The van der Waals surface area contributed by atoms with Crippen LogP contribution in [-0.4, -0.2) is 19.1 Å². The number of rotatable bonds is 3. The molecule has 1 aromatic heterocycles. The lowest BCUT2D eigenvalue weighted by molar-refractivity contribution is -0.111. The molecule has 0 aliphatic carbocycles. The minimum Gasteiger partial charge on any atom is -0.490 e. The van der Waals surface area contributed by atoms with Gasteiger partial charge in [0.1, 0.15) is 5.76 Å². The highest BCUT2D eigenvalue weighted by atomic mass is 127. The molecule has 2 heterocycles. The van der Waals surface area contributed by atoms with E-state index in [1.807, 2.05) is 6.07 Å². The topological polar surface area (TPSA) is 60.7 Å². The maximum Gasteiger partial charge on any atom is 0.248 e. The molecule has 2 aromatic rings. The highest BCUT2D eigenvalue weighted by molar-refractivity contribution is 14.1. The highest BCUT2D eigenvalue weighted by Crippen LogP contribution is 2.37. The Morgan fingerprint density at radius 3 is 2.65 bits per heavy atom. The molecule has 0 fully saturated rings. The number of carbonyl (C=O) groups excluding carboxylic acids is 1. The third-order valence-electron chi connectivity index (χ3n) is 3.09. The summed E-state index contributed by atoms with van der Waals surface area (Å²) >= 11 is 8.24. The van der Waals surface area contributed by atoms with E-state index in [0.717, 1.165) is 10.2 Å². The van der Waals surface area contributed by atoms with Crippen molar-refractivity contribution in [1.82, 2.24) is 0 Å². The van der Waals surface area contributed by atoms with E-state index in [2.05, 4.69) is 27.9 Å². The van der Waals surface area contributed by atoms with Crippen molar-refractivity contribution in [1.29, 1.82) is 0 Å². The maximum absolute atomic E-state index is 12.0. The third kappa shape index (κ3) is 4.20. The van der Waals surface area contributed by atoms with Crippen LogP contribution < -0.4 is 14.8 Å². The van der Waals surface area contributed by atoms with Gasteiger partial charge < -0.3 is 19.2 Å². The van der Waals surface area contributed by atoms with E-state index >= 15 is 0 Å². The molecule has 5 nitrogen and oxygen atoms in total. The van der Waals surface area contributed by atoms with Gasteiger partial charge in [0.15, 0.2) is 15.3 Å². The van der Waals surface area contributed by atoms with Crippen molar-refractivity contribution in [3.8, 4) is 11.5 Å². The number of fused-ring (bicyclic) bond motifs is 1. The minimum absolute atomic E-state index is 0.312. The van der Waals surface area contributed by atoms with Crippen molar-refractivity contribution in [3.05, 3.63) is 44.9 Å². The van der Waals surface area contributed by atoms with Gasteiger partial charge in [0.25, 0.3) is 0 Å². The van der Waals surface area contributed by atoms with Gasteiger partial charge >= 0.3 is 0 Å². The van der Waals surface area contributed by atoms with Gasteiger partial charge in [0, 0.05) is 24.6 Å². The van der Waals surface area contributed by atoms with Gasteiger partial charge in [-0.25, -0.2) is 0 Å². The average Bonchev–Trinajstić information content (AvgIpc) is 2.80. The summed E-state index contributed by atoms with van der Waals surface area (Å²) in [6, 6.07) is 6.92. The van der Waals surface area contributed by atoms with E-state index in [1.54, 1.807) is 24.3 Å². The smallest absolute Gasteiger partial charge is 0.248 e. The molecule has 23 heavy (non-hydrogen) atoms. The zero-order valence-corrected chi connectivity index (χ0v) is 14.9. The second kappa shape index (κ2) is 7.27. The zero-order chi connectivity index (χ0) is 16.2. The van der Waals surface area contributed by atoms with Crippen molar-refractivity contribution < 1.29 is 18.7 Å². The van der Waals surface area contributed by atoms with Crippen molar-refractivity contribution in [2.24, 2.45) is 0 Å². The van der Waals surface area contributed by atoms with Crippen molar-refractivity contribution in [2.75, 3.05) is 18.5 Å². The van der Waals surface area contributed by atoms with Crippen molar-refractivity contribution >= 4 is 51.9 Å². The van der Waals surface area contributed by atoms with Crippen LogP contribution in [0.3, 0.4) is 0 Å². The molecular weight excluding hydrogens is 433 g/mol. The molecule has 0 saturated carbocycles. The quantitative estimate of drug-likeness (QED) is 0.564. The Labute approximate surface area is 151 Å². The van der Waals surface area contributed by atoms with Crippen LogP contribution in [0.5, 0.6) is 11.5 Å². The average molecular weight is 446 g/mol. The Kier molecular flexibility index (Phi) is 5.12. The van der Waals surface area contributed by atoms with E-state index in [9.17, 15) is 4.79 Å². The fraction of sp³-hybridized carbons (Fsp3) is 0.188. The fourth-order valence-electron chi connectivity index (χ4n) is 2.03. The largest absolute Gasteiger partial charge is 0.490 e. The molecule has 1 aliphatic rings. The number of carbonyl (C=O) groups is 1. The predicted octanol–water partition coefficient (Wildman–Crippen LogP) is 4.35. The molecule has 1 amide bonds. The normalized spacial score (nSPS) is 13.8. The lowest BCUT2D eigenvalue weighted by Crippen LogP contribution is -2.08. The summed E-state index contributed by atoms with van der Waals surface area (Å²) in [5.74, 6) is 1.46. The van der Waals surface area contributed by atoms with E-state index in [0.29, 0.717) is 41.2 Å². The molecule has 1 aromatic carbocycles. The first kappa shape index (κ1) is 16.2. The van der Waals surface area contributed by atoms with Gasteiger partial charge in [-0.1, -0.05) is 11.6 Å². The van der Waals surface area contributed by atoms with Crippen LogP contribution in [0.2, 0.25) is 5.02 Å². The number of nitrogens with one attached hydrogen (secondary N) is 1. The Hall–Kier alpha value is -1.67. The summed E-state index contributed by atoms with van der Waals surface area (Å²) in [6.07, 6.45) is 3.78. The molecule has 0 bridgehead atoms. The fourth-order valence-corrected chi connectivity index (χ4v) is 2.66. The summed E-state index contributed by atoms with van der Waals surface area (Å²) in [4.78, 5) is 12.0.